The highest BCUT2D eigenvalue weighted by Crippen LogP contribution is 2.60. The minimum absolute atomic E-state index is 0.0356. The number of pyridine rings is 1. The van der Waals surface area contributed by atoms with Gasteiger partial charge in [0, 0.05) is 29.1 Å². The van der Waals surface area contributed by atoms with Gasteiger partial charge in [-0.3, -0.25) is 4.98 Å². The number of piperidine rings is 1. The van der Waals surface area contributed by atoms with Gasteiger partial charge in [-0.25, -0.2) is 0 Å². The Morgan fingerprint density at radius 3 is 2.58 bits per heavy atom. The van der Waals surface area contributed by atoms with E-state index in [1.165, 1.54) is 22.3 Å². The van der Waals surface area contributed by atoms with Crippen LogP contribution >= 0.6 is 11.6 Å². The predicted octanol–water partition coefficient (Wildman–Crippen LogP) is 5.32. The van der Waals surface area contributed by atoms with Crippen LogP contribution in [0.15, 0.2) is 66.9 Å². The number of rotatable bonds is 4. The van der Waals surface area contributed by atoms with Crippen LogP contribution in [0.5, 0.6) is 0 Å². The molecule has 3 atom stereocenters. The van der Waals surface area contributed by atoms with Crippen molar-refractivity contribution in [2.75, 3.05) is 19.6 Å². The Labute approximate surface area is 188 Å². The summed E-state index contributed by atoms with van der Waals surface area (Å²) in [6, 6.07) is 21.3. The summed E-state index contributed by atoms with van der Waals surface area (Å²) in [5, 5.41) is 11.6. The molecule has 31 heavy (non-hydrogen) atoms. The van der Waals surface area contributed by atoms with E-state index in [0.717, 1.165) is 49.6 Å². The Morgan fingerprint density at radius 2 is 1.77 bits per heavy atom. The zero-order valence-electron chi connectivity index (χ0n) is 17.5. The second-order valence-corrected chi connectivity index (χ2v) is 9.91. The largest absolute Gasteiger partial charge is 0.387 e. The van der Waals surface area contributed by atoms with E-state index < -0.39 is 6.10 Å². The highest BCUT2D eigenvalue weighted by molar-refractivity contribution is 6.30. The van der Waals surface area contributed by atoms with Crippen LogP contribution in [0.3, 0.4) is 0 Å². The lowest BCUT2D eigenvalue weighted by molar-refractivity contribution is 0.0514. The monoisotopic (exact) mass is 430 g/mol. The van der Waals surface area contributed by atoms with Gasteiger partial charge in [-0.2, -0.15) is 0 Å². The van der Waals surface area contributed by atoms with Crippen molar-refractivity contribution in [1.29, 1.82) is 0 Å². The van der Waals surface area contributed by atoms with Gasteiger partial charge in [-0.05, 0) is 84.8 Å². The van der Waals surface area contributed by atoms with Gasteiger partial charge in [0.25, 0.3) is 0 Å². The smallest absolute Gasteiger partial charge is 0.0988 e. The van der Waals surface area contributed by atoms with Crippen LogP contribution in [-0.4, -0.2) is 34.6 Å². The van der Waals surface area contributed by atoms with E-state index in [0.29, 0.717) is 5.92 Å². The number of hydrogen-bond acceptors (Lipinski definition) is 3. The van der Waals surface area contributed by atoms with Gasteiger partial charge in [0.1, 0.15) is 0 Å². The third-order valence-corrected chi connectivity index (χ3v) is 8.11. The zero-order valence-corrected chi connectivity index (χ0v) is 18.3. The summed E-state index contributed by atoms with van der Waals surface area (Å²) >= 11 is 6.46. The zero-order chi connectivity index (χ0) is 21.0. The van der Waals surface area contributed by atoms with Gasteiger partial charge in [-0.1, -0.05) is 48.0 Å². The van der Waals surface area contributed by atoms with Gasteiger partial charge < -0.3 is 10.0 Å². The molecule has 0 amide bonds. The normalized spacial score (nSPS) is 25.9. The maximum absolute atomic E-state index is 10.8. The molecular formula is C27H27ClN2O. The number of hydrogen-bond donors (Lipinski definition) is 1. The van der Waals surface area contributed by atoms with E-state index in [9.17, 15) is 5.11 Å². The quantitative estimate of drug-likeness (QED) is 0.608. The maximum atomic E-state index is 10.8. The topological polar surface area (TPSA) is 36.4 Å². The van der Waals surface area contributed by atoms with Crippen molar-refractivity contribution in [3.05, 3.63) is 99.8 Å². The Balaban J connectivity index is 1.25. The molecule has 6 rings (SSSR count). The lowest BCUT2D eigenvalue weighted by Gasteiger charge is -2.40. The first-order valence-electron chi connectivity index (χ1n) is 11.4. The van der Waals surface area contributed by atoms with Crippen molar-refractivity contribution in [2.45, 2.75) is 36.7 Å². The highest BCUT2D eigenvalue weighted by Gasteiger charge is 2.53. The molecule has 1 saturated heterocycles. The summed E-state index contributed by atoms with van der Waals surface area (Å²) < 4.78 is 0. The molecule has 2 heterocycles. The molecule has 1 aromatic heterocycles. The molecule has 4 heteroatoms. The number of nitrogens with zero attached hydrogens (tertiary/aromatic N) is 2. The molecule has 2 aromatic carbocycles. The Hall–Kier alpha value is -2.20. The SMILES string of the molecule is O[C@@H](c1ccccn1)C1CCN(C[C@@]23CC(c4ccccc42)c2ccc(Cl)cc23)CC1. The van der Waals surface area contributed by atoms with Crippen molar-refractivity contribution in [3.63, 3.8) is 0 Å². The number of aliphatic hydroxyl groups excluding tert-OH is 1. The van der Waals surface area contributed by atoms with Gasteiger partial charge >= 0.3 is 0 Å². The molecule has 1 aliphatic heterocycles. The molecule has 158 valence electrons. The average molecular weight is 431 g/mol. The fraction of sp³-hybridized carbons (Fsp3) is 0.370. The molecule has 3 aromatic rings. The summed E-state index contributed by atoms with van der Waals surface area (Å²) in [6.45, 7) is 3.05. The standard InChI is InChI=1S/C27H27ClN2O/c28-19-8-9-21-22-16-27(24(21)15-19,23-6-2-1-5-20(22)23)17-30-13-10-18(11-14-30)26(31)25-7-3-4-12-29-25/h1-9,12,15,18,22,26,31H,10-11,13-14,16-17H2/t22?,26-,27+/m1/s1. The molecule has 3 aliphatic rings. The van der Waals surface area contributed by atoms with Crippen LogP contribution in [0.1, 0.15) is 59.2 Å². The molecular weight excluding hydrogens is 404 g/mol. The minimum atomic E-state index is -0.468. The molecule has 0 radical (unpaired) electrons. The number of likely N-dealkylation sites (tertiary alicyclic amines) is 1. The van der Waals surface area contributed by atoms with Crippen LogP contribution in [0.25, 0.3) is 0 Å². The van der Waals surface area contributed by atoms with E-state index in [-0.39, 0.29) is 11.3 Å². The number of benzene rings is 2. The summed E-state index contributed by atoms with van der Waals surface area (Å²) in [4.78, 5) is 6.98. The lowest BCUT2D eigenvalue weighted by Crippen LogP contribution is -2.44. The maximum Gasteiger partial charge on any atom is 0.0988 e. The summed E-state index contributed by atoms with van der Waals surface area (Å²) in [5.41, 5.74) is 6.71. The van der Waals surface area contributed by atoms with E-state index in [1.807, 2.05) is 24.3 Å². The van der Waals surface area contributed by atoms with Crippen LogP contribution in [-0.2, 0) is 5.41 Å². The van der Waals surface area contributed by atoms with E-state index in [2.05, 4.69) is 46.3 Å². The van der Waals surface area contributed by atoms with E-state index >= 15 is 0 Å². The van der Waals surface area contributed by atoms with Gasteiger partial charge in [0.15, 0.2) is 0 Å². The van der Waals surface area contributed by atoms with Crippen LogP contribution < -0.4 is 0 Å². The van der Waals surface area contributed by atoms with Crippen LogP contribution in [0.4, 0.5) is 0 Å². The molecule has 1 fully saturated rings. The van der Waals surface area contributed by atoms with Gasteiger partial charge in [-0.15, -0.1) is 0 Å². The number of fused-ring (bicyclic) bond motifs is 8. The Morgan fingerprint density at radius 1 is 1.00 bits per heavy atom. The third kappa shape index (κ3) is 3.06. The van der Waals surface area contributed by atoms with Crippen molar-refractivity contribution < 1.29 is 5.11 Å². The van der Waals surface area contributed by atoms with E-state index in [4.69, 9.17) is 11.6 Å². The summed E-state index contributed by atoms with van der Waals surface area (Å²) in [5.74, 6) is 0.768. The Bertz CT molecular complexity index is 1110. The second kappa shape index (κ2) is 7.44. The van der Waals surface area contributed by atoms with Gasteiger partial charge in [0.05, 0.1) is 11.8 Å². The van der Waals surface area contributed by atoms with Crippen LogP contribution in [0.2, 0.25) is 5.02 Å². The van der Waals surface area contributed by atoms with Crippen LogP contribution in [0, 0.1) is 5.92 Å². The molecule has 3 nitrogen and oxygen atoms in total. The molecule has 2 bridgehead atoms. The highest BCUT2D eigenvalue weighted by atomic mass is 35.5. The molecule has 2 aliphatic carbocycles. The number of aliphatic hydroxyl groups is 1. The van der Waals surface area contributed by atoms with Crippen molar-refractivity contribution in [3.8, 4) is 0 Å². The predicted molar refractivity (Wildman–Crippen MR) is 123 cm³/mol. The first kappa shape index (κ1) is 19.5. The number of halogens is 1. The fourth-order valence-corrected chi connectivity index (χ4v) is 6.59. The summed E-state index contributed by atoms with van der Waals surface area (Å²) in [7, 11) is 0. The van der Waals surface area contributed by atoms with Crippen molar-refractivity contribution >= 4 is 11.6 Å². The van der Waals surface area contributed by atoms with Crippen molar-refractivity contribution in [2.24, 2.45) is 5.92 Å². The Kier molecular flexibility index (Phi) is 4.68. The molecule has 0 spiro atoms. The second-order valence-electron chi connectivity index (χ2n) is 9.47. The average Bonchev–Trinajstić information content (AvgIpc) is 3.31. The molecule has 0 saturated carbocycles. The molecule has 1 unspecified atom stereocenters. The first-order chi connectivity index (χ1) is 15.2. The first-order valence-corrected chi connectivity index (χ1v) is 11.7. The summed E-state index contributed by atoms with van der Waals surface area (Å²) in [6.07, 6.45) is 4.45. The fourth-order valence-electron chi connectivity index (χ4n) is 6.42. The third-order valence-electron chi connectivity index (χ3n) is 7.87. The lowest BCUT2D eigenvalue weighted by atomic mass is 9.74. The number of aromatic nitrogens is 1. The van der Waals surface area contributed by atoms with Gasteiger partial charge in [0.2, 0.25) is 0 Å². The van der Waals surface area contributed by atoms with E-state index in [1.54, 1.807) is 6.20 Å². The molecule has 1 N–H and O–H groups in total. The minimum Gasteiger partial charge on any atom is -0.387 e. The van der Waals surface area contributed by atoms with Crippen molar-refractivity contribution in [1.82, 2.24) is 9.88 Å².